The molecule has 0 aromatic carbocycles. The van der Waals surface area contributed by atoms with Crippen LogP contribution in [0.2, 0.25) is 0 Å². The minimum absolute atomic E-state index is 0.111. The Labute approximate surface area is 213 Å². The van der Waals surface area contributed by atoms with Crippen LogP contribution in [0.1, 0.15) is 0 Å². The molecule has 39 heavy (non-hydrogen) atoms. The van der Waals surface area contributed by atoms with Gasteiger partial charge in [-0.05, 0) is 6.58 Å². The van der Waals surface area contributed by atoms with Crippen molar-refractivity contribution in [1.82, 2.24) is 0 Å². The van der Waals surface area contributed by atoms with Gasteiger partial charge in [0, 0.05) is 0 Å². The molecule has 0 bridgehead atoms. The van der Waals surface area contributed by atoms with E-state index in [0.29, 0.717) is 0 Å². The van der Waals surface area contributed by atoms with Gasteiger partial charge >= 0.3 is 30.8 Å². The molecular weight excluding hydrogens is 557 g/mol. The predicted octanol–water partition coefficient (Wildman–Crippen LogP) is 1.41. The highest BCUT2D eigenvalue weighted by atomic mass is 19.2. The van der Waals surface area contributed by atoms with Crippen LogP contribution >= 0.6 is 0 Å². The number of halogens is 3. The van der Waals surface area contributed by atoms with E-state index < -0.39 is 86.5 Å². The molecule has 9 atom stereocenters. The average Bonchev–Trinajstić information content (AvgIpc) is 3.69. The summed E-state index contributed by atoms with van der Waals surface area (Å²) in [4.78, 5) is 52.3. The highest BCUT2D eigenvalue weighted by Gasteiger charge is 2.51. The van der Waals surface area contributed by atoms with Crippen molar-refractivity contribution >= 4 is 30.8 Å². The summed E-state index contributed by atoms with van der Waals surface area (Å²) in [6.45, 7) is 3.27. The van der Waals surface area contributed by atoms with Gasteiger partial charge in [-0.3, -0.25) is 0 Å². The Morgan fingerprint density at radius 2 is 0.846 bits per heavy atom. The molecule has 0 radical (unpaired) electrons. The molecule has 216 valence electrons. The van der Waals surface area contributed by atoms with Crippen LogP contribution in [0.15, 0.2) is 12.5 Å². The lowest BCUT2D eigenvalue weighted by molar-refractivity contribution is -0.0661. The third-order valence-electron chi connectivity index (χ3n) is 5.11. The number of carbonyl (C=O) groups excluding carboxylic acids is 5. The molecule has 17 nitrogen and oxygen atoms in total. The summed E-state index contributed by atoms with van der Waals surface area (Å²) < 4.78 is 91.8. The highest BCUT2D eigenvalue weighted by molar-refractivity contribution is 5.65. The largest absolute Gasteiger partial charge is 0.511 e. The number of carbonyl (C=O) groups is 5. The van der Waals surface area contributed by atoms with Gasteiger partial charge in [-0.25, -0.2) is 24.0 Å². The van der Waals surface area contributed by atoms with E-state index in [-0.39, 0.29) is 25.8 Å². The van der Waals surface area contributed by atoms with Crippen LogP contribution in [0.4, 0.5) is 37.1 Å². The van der Waals surface area contributed by atoms with Gasteiger partial charge in [0.1, 0.15) is 19.8 Å². The molecule has 6 fully saturated rings. The van der Waals surface area contributed by atoms with Gasteiger partial charge < -0.3 is 56.8 Å². The van der Waals surface area contributed by atoms with Gasteiger partial charge in [0.25, 0.3) is 25.0 Å². The van der Waals surface area contributed by atoms with E-state index in [4.69, 9.17) is 0 Å². The lowest BCUT2D eigenvalue weighted by atomic mass is 10.2. The number of hydrogen-bond donors (Lipinski definition) is 0. The predicted molar refractivity (Wildman–Crippen MR) is 101 cm³/mol. The van der Waals surface area contributed by atoms with Gasteiger partial charge in [0.05, 0.1) is 0 Å². The molecule has 6 rings (SSSR count). The van der Waals surface area contributed by atoms with Crippen molar-refractivity contribution < 1.29 is 94.0 Å². The maximum atomic E-state index is 13.0. The molecule has 0 aliphatic carbocycles. The van der Waals surface area contributed by atoms with Crippen LogP contribution in [0, 0.1) is 0 Å². The standard InChI is InChI=1S/C7H6F2O5.C6H5FO6.C6H6O6/c1-2-11-3(5(8)12-2)4-6(9)14-7(10)13-4;7-4-3(12-6(9)13-4)2-1-10-5(8)11-2;7-5-9-1-3(11-5)4-2-10-6(8)12-4/h3-6H,1H2;2-4H,1H2;3-4H,1-2H2. The number of cyclic esters (lactones) is 10. The van der Waals surface area contributed by atoms with Crippen molar-refractivity contribution in [3.63, 3.8) is 0 Å². The summed E-state index contributed by atoms with van der Waals surface area (Å²) in [6, 6.07) is 0. The quantitative estimate of drug-likeness (QED) is 0.346. The van der Waals surface area contributed by atoms with Crippen molar-refractivity contribution in [3.8, 4) is 0 Å². The second-order valence-corrected chi connectivity index (χ2v) is 7.68. The molecule has 0 amide bonds. The SMILES string of the molecule is C=C1OC(F)C(C2OC(=O)OC2F)O1.O=C1OCC(C2COC(=O)O2)O1.O=C1OCC(C2OC(=O)OC2F)O1. The number of ether oxygens (including phenoxy) is 12. The van der Waals surface area contributed by atoms with Crippen molar-refractivity contribution in [1.29, 1.82) is 0 Å². The number of alkyl halides is 3. The summed E-state index contributed by atoms with van der Waals surface area (Å²) in [5.41, 5.74) is 0. The van der Waals surface area contributed by atoms with E-state index in [1.165, 1.54) is 0 Å². The second kappa shape index (κ2) is 11.5. The Morgan fingerprint density at radius 3 is 1.18 bits per heavy atom. The first-order chi connectivity index (χ1) is 18.5. The topological polar surface area (TPSA) is 196 Å². The Bertz CT molecular complexity index is 956. The fourth-order valence-electron chi connectivity index (χ4n) is 3.36. The van der Waals surface area contributed by atoms with Crippen molar-refractivity contribution in [3.05, 3.63) is 12.5 Å². The van der Waals surface area contributed by atoms with Crippen molar-refractivity contribution in [2.24, 2.45) is 0 Å². The molecule has 0 saturated carbocycles. The third kappa shape index (κ3) is 6.68. The molecule has 0 aromatic rings. The zero-order valence-corrected chi connectivity index (χ0v) is 19.1. The van der Waals surface area contributed by atoms with Crippen molar-refractivity contribution in [2.45, 2.75) is 55.7 Å². The summed E-state index contributed by atoms with van der Waals surface area (Å²) in [7, 11) is 0. The number of rotatable bonds is 3. The first kappa shape index (κ1) is 27.5. The van der Waals surface area contributed by atoms with E-state index in [9.17, 15) is 37.1 Å². The zero-order chi connectivity index (χ0) is 28.3. The van der Waals surface area contributed by atoms with E-state index in [1.807, 2.05) is 0 Å². The van der Waals surface area contributed by atoms with Crippen LogP contribution in [0.5, 0.6) is 0 Å². The smallest absolute Gasteiger partial charge is 0.451 e. The Kier molecular flexibility index (Phi) is 8.10. The van der Waals surface area contributed by atoms with Gasteiger partial charge in [-0.15, -0.1) is 0 Å². The molecule has 6 aliphatic heterocycles. The highest BCUT2D eigenvalue weighted by Crippen LogP contribution is 2.31. The fourth-order valence-corrected chi connectivity index (χ4v) is 3.36. The van der Waals surface area contributed by atoms with Gasteiger partial charge in [-0.2, -0.15) is 13.2 Å². The van der Waals surface area contributed by atoms with Crippen LogP contribution in [-0.2, 0) is 56.8 Å². The van der Waals surface area contributed by atoms with E-state index in [1.54, 1.807) is 0 Å². The van der Waals surface area contributed by atoms with Crippen molar-refractivity contribution in [2.75, 3.05) is 19.8 Å². The normalized spacial score (nSPS) is 37.8. The van der Waals surface area contributed by atoms with Crippen LogP contribution in [0.3, 0.4) is 0 Å². The summed E-state index contributed by atoms with van der Waals surface area (Å²) in [6.07, 6.45) is -16.6. The molecule has 0 spiro atoms. The Morgan fingerprint density at radius 1 is 0.462 bits per heavy atom. The molecule has 9 unspecified atom stereocenters. The molecule has 6 saturated heterocycles. The van der Waals surface area contributed by atoms with E-state index in [2.05, 4.69) is 63.4 Å². The molecule has 0 N–H and O–H groups in total. The van der Waals surface area contributed by atoms with Crippen LogP contribution in [-0.4, -0.2) is 106 Å². The molecule has 6 aliphatic rings. The molecular formula is C19H17F3O17. The zero-order valence-electron chi connectivity index (χ0n) is 19.1. The summed E-state index contributed by atoms with van der Waals surface area (Å²) in [5, 5.41) is 0. The molecule has 0 aromatic heterocycles. The minimum Gasteiger partial charge on any atom is -0.451 e. The monoisotopic (exact) mass is 574 g/mol. The molecule has 6 heterocycles. The van der Waals surface area contributed by atoms with Crippen LogP contribution in [0.25, 0.3) is 0 Å². The lowest BCUT2D eigenvalue weighted by Crippen LogP contribution is -2.37. The summed E-state index contributed by atoms with van der Waals surface area (Å²) >= 11 is 0. The third-order valence-corrected chi connectivity index (χ3v) is 5.11. The van der Waals surface area contributed by atoms with Crippen LogP contribution < -0.4 is 0 Å². The van der Waals surface area contributed by atoms with Gasteiger partial charge in [0.15, 0.2) is 18.3 Å². The maximum absolute atomic E-state index is 13.0. The second-order valence-electron chi connectivity index (χ2n) is 7.68. The first-order valence-electron chi connectivity index (χ1n) is 10.7. The Hall–Kier alpha value is -4.52. The first-order valence-corrected chi connectivity index (χ1v) is 10.7. The summed E-state index contributed by atoms with van der Waals surface area (Å²) in [5.74, 6) is -0.280. The van der Waals surface area contributed by atoms with E-state index >= 15 is 0 Å². The van der Waals surface area contributed by atoms with Gasteiger partial charge in [0.2, 0.25) is 18.3 Å². The number of hydrogen-bond acceptors (Lipinski definition) is 17. The molecule has 20 heteroatoms. The average molecular weight is 574 g/mol. The Balaban J connectivity index is 0.000000136. The maximum Gasteiger partial charge on any atom is 0.511 e. The minimum atomic E-state index is -2.06. The fraction of sp³-hybridized carbons (Fsp3) is 0.632. The van der Waals surface area contributed by atoms with E-state index in [0.717, 1.165) is 0 Å². The lowest BCUT2D eigenvalue weighted by Gasteiger charge is -2.14. The van der Waals surface area contributed by atoms with Gasteiger partial charge in [-0.1, -0.05) is 0 Å².